The van der Waals surface area contributed by atoms with Crippen molar-refractivity contribution in [2.45, 2.75) is 70.4 Å². The average molecular weight is 447 g/mol. The zero-order valence-electron chi connectivity index (χ0n) is 18.9. The van der Waals surface area contributed by atoms with E-state index in [0.29, 0.717) is 26.1 Å². The molecule has 3 aliphatic rings. The van der Waals surface area contributed by atoms with Crippen LogP contribution in [0.4, 0.5) is 4.39 Å². The number of fused-ring (bicyclic) bond motifs is 2. The van der Waals surface area contributed by atoms with Gasteiger partial charge in [-0.1, -0.05) is 12.1 Å². The van der Waals surface area contributed by atoms with Crippen LogP contribution >= 0.6 is 0 Å². The molecular weight excluding hydrogens is 415 g/mol. The van der Waals surface area contributed by atoms with E-state index >= 15 is 0 Å². The van der Waals surface area contributed by atoms with Gasteiger partial charge in [-0.2, -0.15) is 0 Å². The van der Waals surface area contributed by atoms with Crippen LogP contribution in [0.15, 0.2) is 24.3 Å². The molecule has 3 saturated heterocycles. The Hall–Kier alpha value is -2.32. The molecule has 1 aromatic carbocycles. The van der Waals surface area contributed by atoms with Crippen molar-refractivity contribution in [2.75, 3.05) is 20.2 Å². The minimum atomic E-state index is -1.52. The van der Waals surface area contributed by atoms with Gasteiger partial charge in [-0.15, -0.1) is 0 Å². The number of benzene rings is 1. The first-order chi connectivity index (χ1) is 15.2. The number of hydrogen-bond acceptors (Lipinski definition) is 6. The fourth-order valence-electron chi connectivity index (χ4n) is 5.76. The standard InChI is InChI=1S/C24H31FN2O5/c1-15-12-26(13-16(2)32-15)22(29)11-24(23(30)31-3)20-9-8-19(10-21(24)28)27(20)14-17-4-6-18(25)7-5-17/h4-7,15-16,19-20H,8-14H2,1-3H3/t15-,16-,19-,20-,24+/m1/s1. The summed E-state index contributed by atoms with van der Waals surface area (Å²) in [5.74, 6) is -1.39. The predicted molar refractivity (Wildman–Crippen MR) is 114 cm³/mol. The quantitative estimate of drug-likeness (QED) is 0.510. The summed E-state index contributed by atoms with van der Waals surface area (Å²) in [6.07, 6.45) is 1.20. The summed E-state index contributed by atoms with van der Waals surface area (Å²) in [7, 11) is 1.27. The number of piperidine rings is 1. The van der Waals surface area contributed by atoms with Crippen molar-refractivity contribution in [3.05, 3.63) is 35.6 Å². The van der Waals surface area contributed by atoms with Gasteiger partial charge >= 0.3 is 5.97 Å². The maximum atomic E-state index is 13.4. The summed E-state index contributed by atoms with van der Waals surface area (Å²) in [6, 6.07) is 5.83. The van der Waals surface area contributed by atoms with Gasteiger partial charge in [0, 0.05) is 38.1 Å². The number of carbonyl (C=O) groups is 3. The number of ether oxygens (including phenoxy) is 2. The number of morpholine rings is 1. The van der Waals surface area contributed by atoms with Gasteiger partial charge in [-0.05, 0) is 44.4 Å². The summed E-state index contributed by atoms with van der Waals surface area (Å²) >= 11 is 0. The van der Waals surface area contributed by atoms with Crippen molar-refractivity contribution in [2.24, 2.45) is 5.41 Å². The van der Waals surface area contributed by atoms with Gasteiger partial charge in [0.15, 0.2) is 11.2 Å². The van der Waals surface area contributed by atoms with Gasteiger partial charge in [-0.3, -0.25) is 19.3 Å². The SMILES string of the molecule is COC(=O)[C@]1(CC(=O)N2C[C@@H](C)O[C@H](C)C2)C(=O)C[C@H]2CC[C@H]1N2Cc1ccc(F)cc1. The summed E-state index contributed by atoms with van der Waals surface area (Å²) in [4.78, 5) is 43.8. The van der Waals surface area contributed by atoms with E-state index in [2.05, 4.69) is 4.90 Å². The number of methoxy groups -OCH3 is 1. The van der Waals surface area contributed by atoms with Crippen LogP contribution in [-0.4, -0.2) is 72.0 Å². The molecule has 0 N–H and O–H groups in total. The highest BCUT2D eigenvalue weighted by atomic mass is 19.1. The number of Topliss-reactive ketones (excluding diaryl/α,β-unsaturated/α-hetero) is 1. The number of hydrogen-bond donors (Lipinski definition) is 0. The van der Waals surface area contributed by atoms with E-state index in [-0.39, 0.29) is 48.6 Å². The molecule has 1 aromatic rings. The zero-order chi connectivity index (χ0) is 23.0. The van der Waals surface area contributed by atoms with Crippen molar-refractivity contribution >= 4 is 17.7 Å². The van der Waals surface area contributed by atoms with Crippen LogP contribution in [0.5, 0.6) is 0 Å². The Labute approximate surface area is 187 Å². The maximum Gasteiger partial charge on any atom is 0.321 e. The minimum absolute atomic E-state index is 0.00821. The summed E-state index contributed by atoms with van der Waals surface area (Å²) in [5, 5.41) is 0. The van der Waals surface area contributed by atoms with Crippen LogP contribution < -0.4 is 0 Å². The monoisotopic (exact) mass is 446 g/mol. The molecule has 3 fully saturated rings. The van der Waals surface area contributed by atoms with Crippen LogP contribution in [0.3, 0.4) is 0 Å². The number of halogens is 1. The Balaban J connectivity index is 1.63. The van der Waals surface area contributed by atoms with Crippen molar-refractivity contribution in [3.8, 4) is 0 Å². The van der Waals surface area contributed by atoms with Gasteiger partial charge in [0.05, 0.1) is 25.7 Å². The van der Waals surface area contributed by atoms with Gasteiger partial charge < -0.3 is 14.4 Å². The topological polar surface area (TPSA) is 76.1 Å². The van der Waals surface area contributed by atoms with E-state index in [4.69, 9.17) is 9.47 Å². The highest BCUT2D eigenvalue weighted by molar-refractivity contribution is 6.08. The largest absolute Gasteiger partial charge is 0.468 e. The number of rotatable bonds is 5. The summed E-state index contributed by atoms with van der Waals surface area (Å²) in [5.41, 5.74) is -0.623. The first-order valence-corrected chi connectivity index (χ1v) is 11.3. The van der Waals surface area contributed by atoms with E-state index in [1.54, 1.807) is 17.0 Å². The second-order valence-corrected chi connectivity index (χ2v) is 9.37. The Morgan fingerprint density at radius 3 is 2.44 bits per heavy atom. The van der Waals surface area contributed by atoms with Crippen molar-refractivity contribution in [3.63, 3.8) is 0 Å². The molecular formula is C24H31FN2O5. The Kier molecular flexibility index (Phi) is 6.36. The molecule has 3 heterocycles. The van der Waals surface area contributed by atoms with Crippen molar-refractivity contribution in [1.29, 1.82) is 0 Å². The third kappa shape index (κ3) is 4.06. The first kappa shape index (κ1) is 22.9. The van der Waals surface area contributed by atoms with Crippen molar-refractivity contribution in [1.82, 2.24) is 9.80 Å². The predicted octanol–water partition coefficient (Wildman–Crippen LogP) is 2.32. The molecule has 0 unspecified atom stereocenters. The summed E-state index contributed by atoms with van der Waals surface area (Å²) < 4.78 is 24.2. The third-order valence-corrected chi connectivity index (χ3v) is 7.16. The van der Waals surface area contributed by atoms with Gasteiger partial charge in [0.2, 0.25) is 5.91 Å². The Bertz CT molecular complexity index is 881. The lowest BCUT2D eigenvalue weighted by Crippen LogP contribution is -2.62. The van der Waals surface area contributed by atoms with E-state index in [1.807, 2.05) is 13.8 Å². The highest BCUT2D eigenvalue weighted by Gasteiger charge is 2.62. The van der Waals surface area contributed by atoms with Crippen LogP contribution in [0.1, 0.15) is 45.1 Å². The number of esters is 1. The molecule has 32 heavy (non-hydrogen) atoms. The van der Waals surface area contributed by atoms with E-state index in [1.165, 1.54) is 19.2 Å². The lowest BCUT2D eigenvalue weighted by Gasteiger charge is -2.46. The van der Waals surface area contributed by atoms with Crippen LogP contribution in [0.2, 0.25) is 0 Å². The molecule has 4 rings (SSSR count). The van der Waals surface area contributed by atoms with E-state index in [9.17, 15) is 18.8 Å². The molecule has 2 bridgehead atoms. The van der Waals surface area contributed by atoms with Gasteiger partial charge in [0.25, 0.3) is 0 Å². The first-order valence-electron chi connectivity index (χ1n) is 11.3. The Morgan fingerprint density at radius 1 is 1.16 bits per heavy atom. The molecule has 3 aliphatic heterocycles. The fraction of sp³-hybridized carbons (Fsp3) is 0.625. The number of ketones is 1. The molecule has 174 valence electrons. The lowest BCUT2D eigenvalue weighted by atomic mass is 9.69. The molecule has 8 heteroatoms. The van der Waals surface area contributed by atoms with E-state index in [0.717, 1.165) is 12.0 Å². The number of nitrogens with zero attached hydrogens (tertiary/aromatic N) is 2. The fourth-order valence-corrected chi connectivity index (χ4v) is 5.76. The second-order valence-electron chi connectivity index (χ2n) is 9.37. The second kappa shape index (κ2) is 8.90. The molecule has 7 nitrogen and oxygen atoms in total. The highest BCUT2D eigenvalue weighted by Crippen LogP contribution is 2.48. The van der Waals surface area contributed by atoms with Gasteiger partial charge in [-0.25, -0.2) is 4.39 Å². The number of amides is 1. The Morgan fingerprint density at radius 2 is 1.81 bits per heavy atom. The molecule has 0 saturated carbocycles. The molecule has 0 aromatic heterocycles. The lowest BCUT2D eigenvalue weighted by molar-refractivity contribution is -0.172. The molecule has 0 aliphatic carbocycles. The zero-order valence-corrected chi connectivity index (χ0v) is 18.9. The smallest absolute Gasteiger partial charge is 0.321 e. The number of carbonyl (C=O) groups excluding carboxylic acids is 3. The molecule has 0 spiro atoms. The molecule has 5 atom stereocenters. The van der Waals surface area contributed by atoms with Crippen molar-refractivity contribution < 1.29 is 28.2 Å². The molecule has 1 amide bonds. The van der Waals surface area contributed by atoms with Crippen LogP contribution in [0.25, 0.3) is 0 Å². The molecule has 0 radical (unpaired) electrons. The van der Waals surface area contributed by atoms with Crippen LogP contribution in [-0.2, 0) is 30.4 Å². The third-order valence-electron chi connectivity index (χ3n) is 7.16. The van der Waals surface area contributed by atoms with Crippen LogP contribution in [0, 0.1) is 11.2 Å². The van der Waals surface area contributed by atoms with E-state index < -0.39 is 17.4 Å². The minimum Gasteiger partial charge on any atom is -0.468 e. The average Bonchev–Trinajstić information content (AvgIpc) is 3.07. The maximum absolute atomic E-state index is 13.4. The van der Waals surface area contributed by atoms with Gasteiger partial charge in [0.1, 0.15) is 5.82 Å². The normalized spacial score (nSPS) is 32.8. The summed E-state index contributed by atoms with van der Waals surface area (Å²) in [6.45, 7) is 5.16.